The minimum atomic E-state index is -0.110. The first kappa shape index (κ1) is 9.31. The second kappa shape index (κ2) is 3.58. The Morgan fingerprint density at radius 1 is 1.33 bits per heavy atom. The normalized spacial score (nSPS) is 25.8. The van der Waals surface area contributed by atoms with Gasteiger partial charge in [-0.05, 0) is 29.7 Å². The Kier molecular flexibility index (Phi) is 2.22. The average Bonchev–Trinajstić information content (AvgIpc) is 2.29. The van der Waals surface area contributed by atoms with E-state index in [1.807, 2.05) is 6.07 Å². The van der Waals surface area contributed by atoms with Crippen LogP contribution in [0.5, 0.6) is 0 Å². The molecular weight excluding hydrogens is 191 g/mol. The second-order valence-electron chi connectivity index (χ2n) is 4.35. The molecule has 0 radical (unpaired) electrons. The van der Waals surface area contributed by atoms with Crippen molar-refractivity contribution in [3.8, 4) is 0 Å². The number of hydrogen-bond acceptors (Lipinski definition) is 2. The number of fused-ring (bicyclic) bond motifs is 3. The van der Waals surface area contributed by atoms with E-state index in [2.05, 4.69) is 10.2 Å². The summed E-state index contributed by atoms with van der Waals surface area (Å²) in [6, 6.07) is 5.61. The van der Waals surface area contributed by atoms with Crippen LogP contribution in [0.1, 0.15) is 17.2 Å². The van der Waals surface area contributed by atoms with E-state index in [-0.39, 0.29) is 5.82 Å². The van der Waals surface area contributed by atoms with E-state index in [1.165, 1.54) is 11.1 Å². The zero-order chi connectivity index (χ0) is 10.3. The van der Waals surface area contributed by atoms with Crippen molar-refractivity contribution in [2.75, 3.05) is 26.2 Å². The predicted molar refractivity (Wildman–Crippen MR) is 57.3 cm³/mol. The highest BCUT2D eigenvalue weighted by molar-refractivity contribution is 5.33. The fourth-order valence-corrected chi connectivity index (χ4v) is 2.69. The first-order chi connectivity index (χ1) is 7.34. The maximum Gasteiger partial charge on any atom is 0.123 e. The molecule has 2 nitrogen and oxygen atoms in total. The topological polar surface area (TPSA) is 15.3 Å². The number of halogens is 1. The largest absolute Gasteiger partial charge is 0.314 e. The fourth-order valence-electron chi connectivity index (χ4n) is 2.69. The summed E-state index contributed by atoms with van der Waals surface area (Å²) in [6.07, 6.45) is 1.06. The van der Waals surface area contributed by atoms with Gasteiger partial charge in [0.2, 0.25) is 0 Å². The van der Waals surface area contributed by atoms with Crippen LogP contribution >= 0.6 is 0 Å². The van der Waals surface area contributed by atoms with Crippen molar-refractivity contribution in [3.05, 3.63) is 35.1 Å². The van der Waals surface area contributed by atoms with Crippen LogP contribution in [0, 0.1) is 5.82 Å². The summed E-state index contributed by atoms with van der Waals surface area (Å²) in [5.41, 5.74) is 2.51. The number of rotatable bonds is 0. The van der Waals surface area contributed by atoms with E-state index >= 15 is 0 Å². The molecule has 80 valence electrons. The van der Waals surface area contributed by atoms with Crippen molar-refractivity contribution in [1.82, 2.24) is 10.2 Å². The minimum absolute atomic E-state index is 0.110. The highest BCUT2D eigenvalue weighted by Crippen LogP contribution is 2.30. The summed E-state index contributed by atoms with van der Waals surface area (Å²) in [7, 11) is 0. The fraction of sp³-hybridized carbons (Fsp3) is 0.500. The summed E-state index contributed by atoms with van der Waals surface area (Å²) in [6.45, 7) is 4.21. The van der Waals surface area contributed by atoms with E-state index in [4.69, 9.17) is 0 Å². The molecule has 1 aromatic carbocycles. The third-order valence-corrected chi connectivity index (χ3v) is 3.49. The number of piperazine rings is 1. The van der Waals surface area contributed by atoms with Crippen LogP contribution in [-0.4, -0.2) is 31.1 Å². The lowest BCUT2D eigenvalue weighted by atomic mass is 9.91. The van der Waals surface area contributed by atoms with Crippen LogP contribution in [-0.2, 0) is 6.42 Å². The third kappa shape index (κ3) is 1.56. The molecule has 1 saturated heterocycles. The van der Waals surface area contributed by atoms with Crippen LogP contribution < -0.4 is 5.32 Å². The molecule has 3 rings (SSSR count). The molecule has 2 aliphatic heterocycles. The minimum Gasteiger partial charge on any atom is -0.314 e. The van der Waals surface area contributed by atoms with E-state index < -0.39 is 0 Å². The van der Waals surface area contributed by atoms with Crippen LogP contribution in [0.25, 0.3) is 0 Å². The van der Waals surface area contributed by atoms with E-state index in [0.717, 1.165) is 32.6 Å². The van der Waals surface area contributed by atoms with Gasteiger partial charge in [-0.2, -0.15) is 0 Å². The Hall–Kier alpha value is -0.930. The molecule has 0 unspecified atom stereocenters. The maximum atomic E-state index is 13.2. The Labute approximate surface area is 89.1 Å². The lowest BCUT2D eigenvalue weighted by Crippen LogP contribution is -2.48. The van der Waals surface area contributed by atoms with Gasteiger partial charge in [-0.1, -0.05) is 6.07 Å². The average molecular weight is 206 g/mol. The molecule has 1 aromatic rings. The summed E-state index contributed by atoms with van der Waals surface area (Å²) in [5, 5.41) is 3.38. The number of nitrogens with one attached hydrogen (secondary N) is 1. The molecule has 2 heterocycles. The predicted octanol–water partition coefficient (Wildman–Crippen LogP) is 1.33. The smallest absolute Gasteiger partial charge is 0.123 e. The highest BCUT2D eigenvalue weighted by atomic mass is 19.1. The van der Waals surface area contributed by atoms with Gasteiger partial charge in [0.05, 0.1) is 0 Å². The van der Waals surface area contributed by atoms with Gasteiger partial charge >= 0.3 is 0 Å². The van der Waals surface area contributed by atoms with Gasteiger partial charge in [-0.25, -0.2) is 4.39 Å². The molecule has 0 spiro atoms. The SMILES string of the molecule is Fc1ccc2c(c1)[C@H]1CNCCN1CC2. The maximum absolute atomic E-state index is 13.2. The van der Waals surface area contributed by atoms with Crippen LogP contribution in [0.3, 0.4) is 0 Å². The number of benzene rings is 1. The van der Waals surface area contributed by atoms with Crippen LogP contribution in [0.4, 0.5) is 4.39 Å². The molecule has 0 saturated carbocycles. The van der Waals surface area contributed by atoms with Crippen molar-refractivity contribution in [2.24, 2.45) is 0 Å². The van der Waals surface area contributed by atoms with Gasteiger partial charge in [0.25, 0.3) is 0 Å². The van der Waals surface area contributed by atoms with Crippen LogP contribution in [0.15, 0.2) is 18.2 Å². The van der Waals surface area contributed by atoms with Crippen molar-refractivity contribution >= 4 is 0 Å². The van der Waals surface area contributed by atoms with Crippen molar-refractivity contribution in [3.63, 3.8) is 0 Å². The summed E-state index contributed by atoms with van der Waals surface area (Å²) in [5.74, 6) is -0.110. The standard InChI is InChI=1S/C12H15FN2/c13-10-2-1-9-3-5-15-6-4-14-8-12(15)11(9)7-10/h1-2,7,12,14H,3-6,8H2/t12-/m1/s1. The lowest BCUT2D eigenvalue weighted by Gasteiger charge is -2.40. The first-order valence-electron chi connectivity index (χ1n) is 5.58. The molecule has 1 fully saturated rings. The van der Waals surface area contributed by atoms with Gasteiger partial charge in [-0.15, -0.1) is 0 Å². The summed E-state index contributed by atoms with van der Waals surface area (Å²) in [4.78, 5) is 2.46. The van der Waals surface area contributed by atoms with Crippen molar-refractivity contribution in [1.29, 1.82) is 0 Å². The Morgan fingerprint density at radius 3 is 3.20 bits per heavy atom. The molecule has 3 heteroatoms. The van der Waals surface area contributed by atoms with Crippen molar-refractivity contribution in [2.45, 2.75) is 12.5 Å². The molecule has 1 atom stereocenters. The monoisotopic (exact) mass is 206 g/mol. The summed E-state index contributed by atoms with van der Waals surface area (Å²) >= 11 is 0. The second-order valence-corrected chi connectivity index (χ2v) is 4.35. The Morgan fingerprint density at radius 2 is 2.27 bits per heavy atom. The summed E-state index contributed by atoms with van der Waals surface area (Å²) < 4.78 is 13.2. The molecule has 0 aliphatic carbocycles. The molecule has 0 amide bonds. The van der Waals surface area contributed by atoms with Gasteiger partial charge < -0.3 is 5.32 Å². The van der Waals surface area contributed by atoms with Gasteiger partial charge in [0, 0.05) is 32.2 Å². The quantitative estimate of drug-likeness (QED) is 0.689. The molecular formula is C12H15FN2. The van der Waals surface area contributed by atoms with E-state index in [1.54, 1.807) is 12.1 Å². The Balaban J connectivity index is 2.01. The third-order valence-electron chi connectivity index (χ3n) is 3.49. The van der Waals surface area contributed by atoms with E-state index in [9.17, 15) is 4.39 Å². The molecule has 0 aromatic heterocycles. The number of nitrogens with zero attached hydrogens (tertiary/aromatic N) is 1. The zero-order valence-electron chi connectivity index (χ0n) is 8.67. The first-order valence-corrected chi connectivity index (χ1v) is 5.58. The van der Waals surface area contributed by atoms with Crippen LogP contribution in [0.2, 0.25) is 0 Å². The molecule has 2 aliphatic rings. The number of hydrogen-bond donors (Lipinski definition) is 1. The lowest BCUT2D eigenvalue weighted by molar-refractivity contribution is 0.151. The van der Waals surface area contributed by atoms with Gasteiger partial charge in [-0.3, -0.25) is 4.90 Å². The van der Waals surface area contributed by atoms with E-state index in [0.29, 0.717) is 6.04 Å². The van der Waals surface area contributed by atoms with Gasteiger partial charge in [0.15, 0.2) is 0 Å². The van der Waals surface area contributed by atoms with Gasteiger partial charge in [0.1, 0.15) is 5.82 Å². The molecule has 1 N–H and O–H groups in total. The van der Waals surface area contributed by atoms with Crippen molar-refractivity contribution < 1.29 is 4.39 Å². The highest BCUT2D eigenvalue weighted by Gasteiger charge is 2.29. The molecule has 15 heavy (non-hydrogen) atoms. The zero-order valence-corrected chi connectivity index (χ0v) is 8.67. The Bertz CT molecular complexity index is 378. The molecule has 0 bridgehead atoms.